The minimum atomic E-state index is -1.12. The highest BCUT2D eigenvalue weighted by Crippen LogP contribution is 2.45. The summed E-state index contributed by atoms with van der Waals surface area (Å²) in [4.78, 5) is 31.8. The Balaban J connectivity index is 1.43. The number of nitrogens with zero attached hydrogens (tertiary/aromatic N) is 5. The van der Waals surface area contributed by atoms with E-state index in [1.807, 2.05) is 16.8 Å². The highest BCUT2D eigenvalue weighted by atomic mass is 16.3. The summed E-state index contributed by atoms with van der Waals surface area (Å²) in [6.45, 7) is 1.76. The zero-order valence-corrected chi connectivity index (χ0v) is 19.5. The highest BCUT2D eigenvalue weighted by Gasteiger charge is 2.47. The van der Waals surface area contributed by atoms with Gasteiger partial charge in [0.15, 0.2) is 11.5 Å². The van der Waals surface area contributed by atoms with Crippen LogP contribution in [0.2, 0.25) is 0 Å². The summed E-state index contributed by atoms with van der Waals surface area (Å²) in [5, 5.41) is 12.9. The lowest BCUT2D eigenvalue weighted by Gasteiger charge is -2.23. The third-order valence-corrected chi connectivity index (χ3v) is 7.43. The van der Waals surface area contributed by atoms with E-state index in [-0.39, 0.29) is 17.5 Å². The molecule has 1 saturated carbocycles. The topological polar surface area (TPSA) is 131 Å². The van der Waals surface area contributed by atoms with Crippen LogP contribution in [0.5, 0.6) is 5.75 Å². The van der Waals surface area contributed by atoms with Crippen molar-refractivity contribution in [1.82, 2.24) is 24.3 Å². The fourth-order valence-corrected chi connectivity index (χ4v) is 5.52. The summed E-state index contributed by atoms with van der Waals surface area (Å²) >= 11 is 0. The SMILES string of the molecule is C[C@]1(c2cccc(O)c2)C(=O)Nc2nc(-c3cn4ccnc4c(CC4CCCCC4)n3)nc(N)c21. The summed E-state index contributed by atoms with van der Waals surface area (Å²) in [5.41, 5.74) is 8.80. The summed E-state index contributed by atoms with van der Waals surface area (Å²) in [6, 6.07) is 6.61. The van der Waals surface area contributed by atoms with Gasteiger partial charge in [-0.2, -0.15) is 0 Å². The van der Waals surface area contributed by atoms with Crippen molar-refractivity contribution in [1.29, 1.82) is 0 Å². The highest BCUT2D eigenvalue weighted by molar-refractivity contribution is 6.09. The molecule has 4 heterocycles. The zero-order valence-electron chi connectivity index (χ0n) is 19.5. The van der Waals surface area contributed by atoms with Crippen LogP contribution in [0.4, 0.5) is 11.6 Å². The second-order valence-corrected chi connectivity index (χ2v) is 9.72. The molecule has 1 fully saturated rings. The number of phenolic OH excluding ortho intramolecular Hbond substituents is 1. The molecule has 2 aliphatic rings. The predicted molar refractivity (Wildman–Crippen MR) is 132 cm³/mol. The molecule has 178 valence electrons. The summed E-state index contributed by atoms with van der Waals surface area (Å²) < 4.78 is 1.95. The van der Waals surface area contributed by atoms with E-state index in [2.05, 4.69) is 20.3 Å². The average molecular weight is 470 g/mol. The number of aromatic hydroxyl groups is 1. The summed E-state index contributed by atoms with van der Waals surface area (Å²) in [5.74, 6) is 1.32. The molecule has 4 aromatic rings. The van der Waals surface area contributed by atoms with E-state index in [0.29, 0.717) is 34.4 Å². The van der Waals surface area contributed by atoms with Crippen LogP contribution in [0.15, 0.2) is 42.9 Å². The molecule has 6 rings (SSSR count). The Bertz CT molecular complexity index is 1460. The van der Waals surface area contributed by atoms with Gasteiger partial charge in [-0.1, -0.05) is 44.2 Å². The van der Waals surface area contributed by atoms with E-state index >= 15 is 0 Å². The third kappa shape index (κ3) is 3.50. The molecule has 1 aliphatic carbocycles. The molecule has 1 aromatic carbocycles. The van der Waals surface area contributed by atoms with Crippen molar-refractivity contribution in [3.8, 4) is 17.3 Å². The number of hydrogen-bond donors (Lipinski definition) is 3. The van der Waals surface area contributed by atoms with E-state index in [4.69, 9.17) is 10.7 Å². The predicted octanol–water partition coefficient (Wildman–Crippen LogP) is 3.86. The molecule has 1 aliphatic heterocycles. The molecule has 4 N–H and O–H groups in total. The second-order valence-electron chi connectivity index (χ2n) is 9.72. The Morgan fingerprint density at radius 3 is 2.83 bits per heavy atom. The molecule has 35 heavy (non-hydrogen) atoms. The number of carbonyl (C=O) groups excluding carboxylic acids is 1. The maximum absolute atomic E-state index is 13.1. The number of benzene rings is 1. The molecule has 0 bridgehead atoms. The molecule has 0 unspecified atom stereocenters. The van der Waals surface area contributed by atoms with Gasteiger partial charge in [-0.15, -0.1) is 0 Å². The maximum atomic E-state index is 13.1. The smallest absolute Gasteiger partial charge is 0.240 e. The van der Waals surface area contributed by atoms with Crippen molar-refractivity contribution in [2.75, 3.05) is 11.1 Å². The maximum Gasteiger partial charge on any atom is 0.240 e. The molecule has 0 radical (unpaired) electrons. The number of phenols is 1. The first kappa shape index (κ1) is 21.5. The molecule has 9 nitrogen and oxygen atoms in total. The normalized spacial score (nSPS) is 20.2. The fourth-order valence-electron chi connectivity index (χ4n) is 5.52. The number of nitrogens with one attached hydrogen (secondary N) is 1. The number of rotatable bonds is 4. The van der Waals surface area contributed by atoms with Crippen molar-refractivity contribution in [3.05, 3.63) is 59.7 Å². The van der Waals surface area contributed by atoms with Crippen molar-refractivity contribution < 1.29 is 9.90 Å². The van der Waals surface area contributed by atoms with E-state index < -0.39 is 5.41 Å². The van der Waals surface area contributed by atoms with Gasteiger partial charge in [0, 0.05) is 18.6 Å². The number of imidazole rings is 1. The van der Waals surface area contributed by atoms with E-state index in [9.17, 15) is 9.90 Å². The largest absolute Gasteiger partial charge is 0.508 e. The lowest BCUT2D eigenvalue weighted by molar-refractivity contribution is -0.119. The summed E-state index contributed by atoms with van der Waals surface area (Å²) in [6.07, 6.45) is 12.6. The van der Waals surface area contributed by atoms with Crippen LogP contribution in [0, 0.1) is 5.92 Å². The molecule has 0 spiro atoms. The molecular weight excluding hydrogens is 442 g/mol. The minimum absolute atomic E-state index is 0.0735. The van der Waals surface area contributed by atoms with Crippen LogP contribution in [-0.4, -0.2) is 35.4 Å². The van der Waals surface area contributed by atoms with Crippen LogP contribution in [0.3, 0.4) is 0 Å². The van der Waals surface area contributed by atoms with Crippen molar-refractivity contribution >= 4 is 23.2 Å². The zero-order chi connectivity index (χ0) is 24.2. The van der Waals surface area contributed by atoms with Crippen molar-refractivity contribution in [2.24, 2.45) is 5.92 Å². The van der Waals surface area contributed by atoms with Crippen molar-refractivity contribution in [3.63, 3.8) is 0 Å². The summed E-state index contributed by atoms with van der Waals surface area (Å²) in [7, 11) is 0. The number of nitrogens with two attached hydrogens (primary N) is 1. The van der Waals surface area contributed by atoms with Gasteiger partial charge in [0.2, 0.25) is 5.91 Å². The number of anilines is 2. The Morgan fingerprint density at radius 2 is 2.03 bits per heavy atom. The number of nitrogen functional groups attached to an aromatic ring is 1. The van der Waals surface area contributed by atoms with E-state index in [1.165, 1.54) is 32.1 Å². The van der Waals surface area contributed by atoms with Crippen molar-refractivity contribution in [2.45, 2.75) is 50.9 Å². The van der Waals surface area contributed by atoms with Gasteiger partial charge in [0.25, 0.3) is 0 Å². The third-order valence-electron chi connectivity index (χ3n) is 7.43. The van der Waals surface area contributed by atoms with Gasteiger partial charge in [-0.3, -0.25) is 4.79 Å². The minimum Gasteiger partial charge on any atom is -0.508 e. The van der Waals surface area contributed by atoms with Crippen LogP contribution in [-0.2, 0) is 16.6 Å². The second kappa shape index (κ2) is 8.04. The Labute approximate surface area is 202 Å². The molecule has 1 atom stereocenters. The van der Waals surface area contributed by atoms with E-state index in [1.54, 1.807) is 37.4 Å². The quantitative estimate of drug-likeness (QED) is 0.414. The lowest BCUT2D eigenvalue weighted by atomic mass is 9.77. The first-order valence-corrected chi connectivity index (χ1v) is 12.1. The first-order valence-electron chi connectivity index (χ1n) is 12.1. The van der Waals surface area contributed by atoms with Crippen LogP contribution in [0.25, 0.3) is 17.2 Å². The number of aromatic nitrogens is 5. The van der Waals surface area contributed by atoms with Gasteiger partial charge < -0.3 is 20.6 Å². The number of fused-ring (bicyclic) bond motifs is 2. The van der Waals surface area contributed by atoms with Crippen LogP contribution in [0.1, 0.15) is 55.8 Å². The monoisotopic (exact) mass is 469 g/mol. The molecule has 9 heteroatoms. The Hall–Kier alpha value is -4.01. The van der Waals surface area contributed by atoms with Gasteiger partial charge in [0.1, 0.15) is 28.5 Å². The molecule has 1 amide bonds. The lowest BCUT2D eigenvalue weighted by Crippen LogP contribution is -2.32. The van der Waals surface area contributed by atoms with Gasteiger partial charge in [0.05, 0.1) is 11.3 Å². The Kier molecular flexibility index (Phi) is 4.94. The van der Waals surface area contributed by atoms with Gasteiger partial charge >= 0.3 is 0 Å². The van der Waals surface area contributed by atoms with Gasteiger partial charge in [-0.25, -0.2) is 19.9 Å². The van der Waals surface area contributed by atoms with E-state index in [0.717, 1.165) is 17.8 Å². The first-order chi connectivity index (χ1) is 16.9. The van der Waals surface area contributed by atoms with Gasteiger partial charge in [-0.05, 0) is 37.0 Å². The van der Waals surface area contributed by atoms with Crippen LogP contribution >= 0.6 is 0 Å². The molecule has 3 aromatic heterocycles. The Morgan fingerprint density at radius 1 is 1.20 bits per heavy atom. The number of carbonyl (C=O) groups is 1. The standard InChI is InChI=1S/C26H27N7O2/c1-26(16-8-5-9-17(34)13-16)20-21(27)30-22(31-23(20)32-25(26)35)19-14-33-11-10-28-24(33)18(29-19)12-15-6-3-2-4-7-15/h5,8-11,13-15,34H,2-4,6-7,12H2,1H3,(H3,27,30,31,32,35)/t26-/m1/s1. The van der Waals surface area contributed by atoms with Crippen LogP contribution < -0.4 is 11.1 Å². The fraction of sp³-hybridized carbons (Fsp3) is 0.346. The molecular formula is C26H27N7O2. The molecule has 0 saturated heterocycles. The number of amides is 1. The number of hydrogen-bond acceptors (Lipinski definition) is 7. The average Bonchev–Trinajstić information content (AvgIpc) is 3.43.